The Hall–Kier alpha value is -1.88. The van der Waals surface area contributed by atoms with Crippen molar-refractivity contribution >= 4 is 33.3 Å². The van der Waals surface area contributed by atoms with Crippen molar-refractivity contribution in [3.8, 4) is 0 Å². The summed E-state index contributed by atoms with van der Waals surface area (Å²) in [6.45, 7) is 6.27. The average Bonchev–Trinajstić information content (AvgIpc) is 2.95. The van der Waals surface area contributed by atoms with Crippen LogP contribution < -0.4 is 5.32 Å². The Morgan fingerprint density at radius 2 is 2.05 bits per heavy atom. The zero-order valence-electron chi connectivity index (χ0n) is 11.2. The third-order valence-corrected chi connectivity index (χ3v) is 3.77. The number of fused-ring (bicyclic) bond motifs is 1. The lowest BCUT2D eigenvalue weighted by Gasteiger charge is -2.05. The number of hydrogen-bond donors (Lipinski definition) is 1. The zero-order valence-corrected chi connectivity index (χ0v) is 12.0. The van der Waals surface area contributed by atoms with Gasteiger partial charge in [0.25, 0.3) is 0 Å². The highest BCUT2D eigenvalue weighted by Gasteiger charge is 2.12. The van der Waals surface area contributed by atoms with Gasteiger partial charge in [-0.3, -0.25) is 4.68 Å². The maximum Gasteiger partial charge on any atom is 0.161 e. The molecule has 3 rings (SSSR count). The maximum absolute atomic E-state index is 4.68. The van der Waals surface area contributed by atoms with Crippen LogP contribution in [0.5, 0.6) is 0 Å². The molecule has 0 fully saturated rings. The van der Waals surface area contributed by atoms with Gasteiger partial charge < -0.3 is 5.32 Å². The predicted molar refractivity (Wildman–Crippen MR) is 80.3 cm³/mol. The van der Waals surface area contributed by atoms with Crippen molar-refractivity contribution in [2.45, 2.75) is 26.8 Å². The highest BCUT2D eigenvalue weighted by atomic mass is 32.1. The van der Waals surface area contributed by atoms with Gasteiger partial charge in [0.05, 0.1) is 11.2 Å². The third-order valence-electron chi connectivity index (χ3n) is 2.97. The van der Waals surface area contributed by atoms with Gasteiger partial charge in [0.15, 0.2) is 5.82 Å². The maximum atomic E-state index is 4.68. The normalized spacial score (nSPS) is 11.4. The van der Waals surface area contributed by atoms with Crippen LogP contribution in [-0.2, 0) is 0 Å². The van der Waals surface area contributed by atoms with Crippen molar-refractivity contribution < 1.29 is 0 Å². The van der Waals surface area contributed by atoms with Crippen molar-refractivity contribution in [3.05, 3.63) is 36.0 Å². The number of anilines is 2. The van der Waals surface area contributed by atoms with E-state index in [4.69, 9.17) is 0 Å². The molecule has 0 radical (unpaired) electrons. The van der Waals surface area contributed by atoms with Gasteiger partial charge in [-0.15, -0.1) is 0 Å². The van der Waals surface area contributed by atoms with Crippen molar-refractivity contribution in [2.75, 3.05) is 5.32 Å². The number of nitrogens with zero attached hydrogens (tertiary/aromatic N) is 3. The fraction of sp³-hybridized carbons (Fsp3) is 0.286. The number of aromatic nitrogens is 3. The Labute approximate surface area is 116 Å². The second-order valence-corrected chi connectivity index (χ2v) is 5.67. The molecule has 19 heavy (non-hydrogen) atoms. The first-order chi connectivity index (χ1) is 9.15. The monoisotopic (exact) mass is 272 g/mol. The van der Waals surface area contributed by atoms with E-state index in [1.807, 2.05) is 29.8 Å². The molecule has 98 valence electrons. The molecule has 0 saturated carbocycles. The van der Waals surface area contributed by atoms with E-state index in [9.17, 15) is 0 Å². The van der Waals surface area contributed by atoms with E-state index in [0.29, 0.717) is 6.04 Å². The number of aryl methyl sites for hydroxylation is 1. The molecule has 0 atom stereocenters. The van der Waals surface area contributed by atoms with Crippen LogP contribution >= 0.6 is 11.5 Å². The highest BCUT2D eigenvalue weighted by molar-refractivity contribution is 7.10. The molecule has 2 heterocycles. The smallest absolute Gasteiger partial charge is 0.161 e. The van der Waals surface area contributed by atoms with Crippen LogP contribution in [0.15, 0.2) is 30.3 Å². The molecule has 0 aliphatic heterocycles. The van der Waals surface area contributed by atoms with Gasteiger partial charge in [-0.05, 0) is 50.5 Å². The van der Waals surface area contributed by atoms with Crippen LogP contribution in [0.2, 0.25) is 0 Å². The molecule has 0 bridgehead atoms. The zero-order chi connectivity index (χ0) is 13.4. The third kappa shape index (κ3) is 2.21. The van der Waals surface area contributed by atoms with Crippen LogP contribution in [0.3, 0.4) is 0 Å². The van der Waals surface area contributed by atoms with E-state index in [1.165, 1.54) is 11.5 Å². The number of nitrogens with one attached hydrogen (secondary N) is 1. The van der Waals surface area contributed by atoms with E-state index in [1.54, 1.807) is 0 Å². The average molecular weight is 272 g/mol. The molecule has 4 nitrogen and oxygen atoms in total. The molecule has 0 unspecified atom stereocenters. The first-order valence-corrected chi connectivity index (χ1v) is 7.10. The Kier molecular flexibility index (Phi) is 2.98. The van der Waals surface area contributed by atoms with Gasteiger partial charge in [-0.1, -0.05) is 12.1 Å². The van der Waals surface area contributed by atoms with Gasteiger partial charge in [0.1, 0.15) is 5.00 Å². The van der Waals surface area contributed by atoms with E-state index >= 15 is 0 Å². The van der Waals surface area contributed by atoms with Gasteiger partial charge in [0, 0.05) is 11.4 Å². The number of hydrogen-bond acceptors (Lipinski definition) is 4. The lowest BCUT2D eigenvalue weighted by atomic mass is 10.2. The Bertz CT molecular complexity index is 711. The second kappa shape index (κ2) is 4.66. The summed E-state index contributed by atoms with van der Waals surface area (Å²) in [6.07, 6.45) is 0. The Balaban J connectivity index is 2.08. The van der Waals surface area contributed by atoms with E-state index < -0.39 is 0 Å². The summed E-state index contributed by atoms with van der Waals surface area (Å²) in [5.41, 5.74) is 2.18. The van der Waals surface area contributed by atoms with E-state index in [0.717, 1.165) is 27.4 Å². The van der Waals surface area contributed by atoms with Gasteiger partial charge in [-0.2, -0.15) is 9.47 Å². The standard InChI is InChI=1S/C14H16N4S/c1-9(2)18-12-7-5-4-6-11(12)14(16-18)15-13-8-10(3)17-19-13/h4-9H,1-3H3,(H,15,16). The molecule has 0 saturated heterocycles. The lowest BCUT2D eigenvalue weighted by Crippen LogP contribution is -2.02. The van der Waals surface area contributed by atoms with Crippen LogP contribution in [0.4, 0.5) is 10.8 Å². The van der Waals surface area contributed by atoms with Crippen molar-refractivity contribution in [3.63, 3.8) is 0 Å². The summed E-state index contributed by atoms with van der Waals surface area (Å²) in [5, 5.41) is 10.2. The fourth-order valence-corrected chi connectivity index (χ4v) is 2.77. The first-order valence-electron chi connectivity index (χ1n) is 6.33. The molecule has 0 amide bonds. The minimum absolute atomic E-state index is 0.337. The molecular weight excluding hydrogens is 256 g/mol. The van der Waals surface area contributed by atoms with E-state index in [-0.39, 0.29) is 0 Å². The predicted octanol–water partition coefficient (Wildman–Crippen LogP) is 4.13. The first kappa shape index (κ1) is 12.2. The molecule has 0 aliphatic rings. The van der Waals surface area contributed by atoms with Crippen LogP contribution in [-0.4, -0.2) is 14.2 Å². The summed E-state index contributed by atoms with van der Waals surface area (Å²) in [5.74, 6) is 0.896. The summed E-state index contributed by atoms with van der Waals surface area (Å²) in [7, 11) is 0. The quantitative estimate of drug-likeness (QED) is 0.779. The van der Waals surface area contributed by atoms with Crippen molar-refractivity contribution in [1.82, 2.24) is 14.2 Å². The number of benzene rings is 1. The van der Waals surface area contributed by atoms with Crippen LogP contribution in [0, 0.1) is 6.92 Å². The SMILES string of the molecule is Cc1cc(Nc2nn(C(C)C)c3ccccc23)sn1. The fourth-order valence-electron chi connectivity index (χ4n) is 2.11. The summed E-state index contributed by atoms with van der Waals surface area (Å²) >= 11 is 1.46. The molecule has 5 heteroatoms. The summed E-state index contributed by atoms with van der Waals surface area (Å²) in [6, 6.07) is 10.7. The van der Waals surface area contributed by atoms with Crippen LogP contribution in [0.1, 0.15) is 25.6 Å². The molecule has 0 spiro atoms. The van der Waals surface area contributed by atoms with Gasteiger partial charge in [-0.25, -0.2) is 0 Å². The van der Waals surface area contributed by atoms with Crippen molar-refractivity contribution in [2.24, 2.45) is 0 Å². The van der Waals surface area contributed by atoms with Crippen LogP contribution in [0.25, 0.3) is 10.9 Å². The Morgan fingerprint density at radius 3 is 2.74 bits per heavy atom. The topological polar surface area (TPSA) is 42.7 Å². The number of para-hydroxylation sites is 1. The van der Waals surface area contributed by atoms with Gasteiger partial charge >= 0.3 is 0 Å². The lowest BCUT2D eigenvalue weighted by molar-refractivity contribution is 0.553. The van der Waals surface area contributed by atoms with E-state index in [2.05, 4.69) is 40.8 Å². The molecule has 3 aromatic rings. The Morgan fingerprint density at radius 1 is 1.26 bits per heavy atom. The molecule has 2 aromatic heterocycles. The van der Waals surface area contributed by atoms with Crippen molar-refractivity contribution in [1.29, 1.82) is 0 Å². The highest BCUT2D eigenvalue weighted by Crippen LogP contribution is 2.29. The summed E-state index contributed by atoms with van der Waals surface area (Å²) < 4.78 is 6.33. The number of rotatable bonds is 3. The molecule has 1 aromatic carbocycles. The molecule has 0 aliphatic carbocycles. The molecular formula is C14H16N4S. The van der Waals surface area contributed by atoms with Gasteiger partial charge in [0.2, 0.25) is 0 Å². The molecule has 1 N–H and O–H groups in total. The second-order valence-electron chi connectivity index (χ2n) is 4.86. The largest absolute Gasteiger partial charge is 0.329 e. The minimum atomic E-state index is 0.337. The summed E-state index contributed by atoms with van der Waals surface area (Å²) in [4.78, 5) is 0. The minimum Gasteiger partial charge on any atom is -0.329 e.